The molecule has 0 fully saturated rings. The van der Waals surface area contributed by atoms with Gasteiger partial charge in [0.1, 0.15) is 13.1 Å². The largest absolute Gasteiger partial charge is 0.480 e. The molecular formula is C11H9BrF3NO3S. The highest BCUT2D eigenvalue weighted by Crippen LogP contribution is 2.23. The minimum absolute atomic E-state index is 0.224. The number of nitrogens with zero attached hydrogens (tertiary/aromatic N) is 1. The Morgan fingerprint density at radius 3 is 2.50 bits per heavy atom. The summed E-state index contributed by atoms with van der Waals surface area (Å²) in [5.74, 6) is -2.51. The van der Waals surface area contributed by atoms with Gasteiger partial charge in [0, 0.05) is 11.0 Å². The van der Waals surface area contributed by atoms with Gasteiger partial charge in [0.15, 0.2) is 0 Å². The predicted molar refractivity (Wildman–Crippen MR) is 71.3 cm³/mol. The van der Waals surface area contributed by atoms with Gasteiger partial charge >= 0.3 is 12.1 Å². The molecule has 1 aromatic heterocycles. The van der Waals surface area contributed by atoms with Crippen LogP contribution in [0, 0.1) is 0 Å². The van der Waals surface area contributed by atoms with E-state index in [1.807, 2.05) is 0 Å². The summed E-state index contributed by atoms with van der Waals surface area (Å²) < 4.78 is 37.6. The van der Waals surface area contributed by atoms with Crippen molar-refractivity contribution in [3.63, 3.8) is 0 Å². The van der Waals surface area contributed by atoms with E-state index in [-0.39, 0.29) is 4.90 Å². The highest BCUT2D eigenvalue weighted by atomic mass is 79.9. The minimum Gasteiger partial charge on any atom is -0.480 e. The van der Waals surface area contributed by atoms with Gasteiger partial charge in [-0.1, -0.05) is 0 Å². The van der Waals surface area contributed by atoms with Crippen molar-refractivity contribution < 1.29 is 27.9 Å². The lowest BCUT2D eigenvalue weighted by atomic mass is 10.3. The smallest absolute Gasteiger partial charge is 0.406 e. The quantitative estimate of drug-likeness (QED) is 0.809. The van der Waals surface area contributed by atoms with Crippen LogP contribution in [0.1, 0.15) is 4.88 Å². The molecule has 0 saturated heterocycles. The van der Waals surface area contributed by atoms with Crippen LogP contribution in [-0.2, 0) is 9.59 Å². The third-order valence-electron chi connectivity index (χ3n) is 1.99. The molecule has 0 unspecified atom stereocenters. The molecule has 0 radical (unpaired) electrons. The molecule has 0 bridgehead atoms. The summed E-state index contributed by atoms with van der Waals surface area (Å²) in [6.45, 7) is -2.60. The maximum atomic E-state index is 12.3. The fourth-order valence-electron chi connectivity index (χ4n) is 1.27. The maximum absolute atomic E-state index is 12.3. The summed E-state index contributed by atoms with van der Waals surface area (Å²) in [6.07, 6.45) is -2.39. The molecule has 4 nitrogen and oxygen atoms in total. The monoisotopic (exact) mass is 371 g/mol. The van der Waals surface area contributed by atoms with Crippen molar-refractivity contribution in [2.45, 2.75) is 6.18 Å². The highest BCUT2D eigenvalue weighted by molar-refractivity contribution is 9.11. The van der Waals surface area contributed by atoms with Gasteiger partial charge < -0.3 is 10.0 Å². The summed E-state index contributed by atoms with van der Waals surface area (Å²) in [5, 5.41) is 8.53. The summed E-state index contributed by atoms with van der Waals surface area (Å²) in [7, 11) is 0. The number of hydrogen-bond acceptors (Lipinski definition) is 3. The van der Waals surface area contributed by atoms with E-state index in [1.165, 1.54) is 17.4 Å². The Balaban J connectivity index is 2.77. The molecule has 20 heavy (non-hydrogen) atoms. The molecule has 0 spiro atoms. The number of aliphatic carboxylic acids is 1. The first-order chi connectivity index (χ1) is 9.17. The fraction of sp³-hybridized carbons (Fsp3) is 0.273. The zero-order valence-electron chi connectivity index (χ0n) is 9.85. The van der Waals surface area contributed by atoms with Crippen LogP contribution in [0.2, 0.25) is 0 Å². The predicted octanol–water partition coefficient (Wildman–Crippen LogP) is 3.00. The number of carboxylic acid groups (broad SMARTS) is 1. The van der Waals surface area contributed by atoms with Gasteiger partial charge in [-0.15, -0.1) is 11.3 Å². The summed E-state index contributed by atoms with van der Waals surface area (Å²) in [4.78, 5) is 23.0. The molecule has 0 aliphatic heterocycles. The first-order valence-electron chi connectivity index (χ1n) is 5.18. The third-order valence-corrected chi connectivity index (χ3v) is 3.58. The van der Waals surface area contributed by atoms with E-state index in [0.717, 1.165) is 9.86 Å². The Hall–Kier alpha value is -1.35. The molecule has 0 aliphatic rings. The summed E-state index contributed by atoms with van der Waals surface area (Å²) >= 11 is 4.49. The van der Waals surface area contributed by atoms with E-state index in [0.29, 0.717) is 4.88 Å². The number of carbonyl (C=O) groups excluding carboxylic acids is 1. The van der Waals surface area contributed by atoms with Gasteiger partial charge in [-0.3, -0.25) is 9.59 Å². The van der Waals surface area contributed by atoms with E-state index in [2.05, 4.69) is 15.9 Å². The van der Waals surface area contributed by atoms with Gasteiger partial charge in [-0.25, -0.2) is 0 Å². The average molecular weight is 372 g/mol. The zero-order chi connectivity index (χ0) is 15.3. The Morgan fingerprint density at radius 1 is 1.40 bits per heavy atom. The Morgan fingerprint density at radius 2 is 2.05 bits per heavy atom. The SMILES string of the molecule is O=C(O)CN(CC(F)(F)F)C(=O)C=Cc1ccc(Br)s1. The van der Waals surface area contributed by atoms with E-state index in [1.54, 1.807) is 12.1 Å². The molecule has 1 rings (SSSR count). The van der Waals surface area contributed by atoms with Gasteiger partial charge in [-0.05, 0) is 34.1 Å². The Bertz CT molecular complexity index is 527. The van der Waals surface area contributed by atoms with Crippen molar-refractivity contribution >= 4 is 45.2 Å². The summed E-state index contributed by atoms with van der Waals surface area (Å²) in [6, 6.07) is 3.39. The van der Waals surface area contributed by atoms with Crippen molar-refractivity contribution in [2.75, 3.05) is 13.1 Å². The lowest BCUT2D eigenvalue weighted by molar-refractivity contribution is -0.163. The average Bonchev–Trinajstić information content (AvgIpc) is 2.68. The molecule has 0 saturated carbocycles. The maximum Gasteiger partial charge on any atom is 0.406 e. The van der Waals surface area contributed by atoms with Crippen molar-refractivity contribution in [3.05, 3.63) is 26.9 Å². The van der Waals surface area contributed by atoms with E-state index in [9.17, 15) is 22.8 Å². The van der Waals surface area contributed by atoms with Crippen LogP contribution in [0.25, 0.3) is 6.08 Å². The van der Waals surface area contributed by atoms with Crippen LogP contribution >= 0.6 is 27.3 Å². The van der Waals surface area contributed by atoms with Crippen LogP contribution in [0.5, 0.6) is 0 Å². The van der Waals surface area contributed by atoms with Gasteiger partial charge in [0.2, 0.25) is 5.91 Å². The Labute approximate surface area is 124 Å². The second-order valence-corrected chi connectivity index (χ2v) is 6.17. The summed E-state index contributed by atoms with van der Waals surface area (Å²) in [5.41, 5.74) is 0. The molecule has 0 atom stereocenters. The molecule has 1 aromatic rings. The van der Waals surface area contributed by atoms with Crippen molar-refractivity contribution in [2.24, 2.45) is 0 Å². The highest BCUT2D eigenvalue weighted by Gasteiger charge is 2.33. The first-order valence-corrected chi connectivity index (χ1v) is 6.79. The lowest BCUT2D eigenvalue weighted by Crippen LogP contribution is -2.41. The van der Waals surface area contributed by atoms with E-state index in [4.69, 9.17) is 5.11 Å². The first kappa shape index (κ1) is 16.7. The fourth-order valence-corrected chi connectivity index (χ4v) is 2.59. The van der Waals surface area contributed by atoms with Crippen LogP contribution < -0.4 is 0 Å². The number of hydrogen-bond donors (Lipinski definition) is 1. The normalized spacial score (nSPS) is 11.8. The number of carbonyl (C=O) groups is 2. The second-order valence-electron chi connectivity index (χ2n) is 3.68. The molecule has 110 valence electrons. The van der Waals surface area contributed by atoms with Crippen molar-refractivity contribution in [3.8, 4) is 0 Å². The number of amides is 1. The number of thiophene rings is 1. The van der Waals surface area contributed by atoms with Gasteiger partial charge in [0.05, 0.1) is 3.79 Å². The van der Waals surface area contributed by atoms with E-state index >= 15 is 0 Å². The topological polar surface area (TPSA) is 57.6 Å². The molecule has 1 heterocycles. The molecule has 0 aromatic carbocycles. The minimum atomic E-state index is -4.65. The molecular weight excluding hydrogens is 363 g/mol. The van der Waals surface area contributed by atoms with Crippen LogP contribution in [-0.4, -0.2) is 41.1 Å². The molecule has 0 aliphatic carbocycles. The Kier molecular flexibility index (Phi) is 5.75. The number of halogens is 4. The lowest BCUT2D eigenvalue weighted by Gasteiger charge is -2.20. The van der Waals surface area contributed by atoms with Crippen LogP contribution in [0.3, 0.4) is 0 Å². The van der Waals surface area contributed by atoms with Crippen LogP contribution in [0.15, 0.2) is 22.0 Å². The second kappa shape index (κ2) is 6.89. The molecule has 1 amide bonds. The number of rotatable bonds is 5. The standard InChI is InChI=1S/C11H9BrF3NO3S/c12-8-3-1-7(20-8)2-4-9(17)16(5-10(18)19)6-11(13,14)15/h1-4H,5-6H2,(H,18,19). The van der Waals surface area contributed by atoms with Crippen molar-refractivity contribution in [1.29, 1.82) is 0 Å². The van der Waals surface area contributed by atoms with Gasteiger partial charge in [-0.2, -0.15) is 13.2 Å². The third kappa shape index (κ3) is 6.20. The van der Waals surface area contributed by atoms with Crippen LogP contribution in [0.4, 0.5) is 13.2 Å². The van der Waals surface area contributed by atoms with Gasteiger partial charge in [0.25, 0.3) is 0 Å². The van der Waals surface area contributed by atoms with E-state index < -0.39 is 31.1 Å². The molecule has 1 N–H and O–H groups in total. The number of carboxylic acids is 1. The molecule has 9 heteroatoms. The number of alkyl halides is 3. The van der Waals surface area contributed by atoms with Crippen molar-refractivity contribution in [1.82, 2.24) is 4.90 Å². The zero-order valence-corrected chi connectivity index (χ0v) is 12.3.